The summed E-state index contributed by atoms with van der Waals surface area (Å²) in [5.41, 5.74) is 1.83. The summed E-state index contributed by atoms with van der Waals surface area (Å²) in [5.74, 6) is 0. The first-order valence-corrected chi connectivity index (χ1v) is 4.89. The lowest BCUT2D eigenvalue weighted by atomic mass is 10.1. The zero-order valence-electron chi connectivity index (χ0n) is 7.20. The quantitative estimate of drug-likeness (QED) is 0.756. The largest absolute Gasteiger partial charge is 0.392 e. The van der Waals surface area contributed by atoms with Crippen LogP contribution in [0.15, 0.2) is 28.0 Å². The van der Waals surface area contributed by atoms with E-state index < -0.39 is 0 Å². The van der Waals surface area contributed by atoms with Crippen LogP contribution in [0.1, 0.15) is 19.0 Å². The molecule has 1 unspecified atom stereocenters. The maximum absolute atomic E-state index is 5.09. The number of aromatic nitrogens is 1. The fourth-order valence-corrected chi connectivity index (χ4v) is 1.43. The molecule has 1 atom stereocenters. The van der Waals surface area contributed by atoms with E-state index in [9.17, 15) is 0 Å². The summed E-state index contributed by atoms with van der Waals surface area (Å²) in [6.45, 7) is 2.00. The van der Waals surface area contributed by atoms with E-state index in [1.54, 1.807) is 6.20 Å². The number of hydrogen-bond donors (Lipinski definition) is 0. The molecule has 0 saturated heterocycles. The molecular formula is C9H9BrN2O. The lowest BCUT2D eigenvalue weighted by molar-refractivity contribution is 0.0995. The Morgan fingerprint density at radius 2 is 2.38 bits per heavy atom. The number of pyridine rings is 1. The van der Waals surface area contributed by atoms with Crippen molar-refractivity contribution >= 4 is 21.6 Å². The summed E-state index contributed by atoms with van der Waals surface area (Å²) in [4.78, 5) is 9.32. The van der Waals surface area contributed by atoms with E-state index in [0.29, 0.717) is 0 Å². The summed E-state index contributed by atoms with van der Waals surface area (Å²) in [7, 11) is 0. The van der Waals surface area contributed by atoms with Crippen LogP contribution in [0.25, 0.3) is 0 Å². The van der Waals surface area contributed by atoms with Crippen LogP contribution in [0.2, 0.25) is 0 Å². The Kier molecular flexibility index (Phi) is 2.31. The number of hydrogen-bond acceptors (Lipinski definition) is 3. The van der Waals surface area contributed by atoms with Crippen LogP contribution in [-0.2, 0) is 4.84 Å². The van der Waals surface area contributed by atoms with Crippen molar-refractivity contribution in [3.8, 4) is 0 Å². The molecule has 0 amide bonds. The van der Waals surface area contributed by atoms with E-state index in [1.807, 2.05) is 19.1 Å². The summed E-state index contributed by atoms with van der Waals surface area (Å²) in [6, 6.07) is 3.89. The lowest BCUT2D eigenvalue weighted by Crippen LogP contribution is -2.04. The molecule has 0 saturated carbocycles. The molecule has 0 spiro atoms. The summed E-state index contributed by atoms with van der Waals surface area (Å²) in [6.07, 6.45) is 2.79. The normalized spacial score (nSPS) is 21.1. The molecule has 0 aliphatic carbocycles. The van der Waals surface area contributed by atoms with Gasteiger partial charge in [0.05, 0.1) is 5.69 Å². The molecule has 0 N–H and O–H groups in total. The number of rotatable bonds is 1. The van der Waals surface area contributed by atoms with Gasteiger partial charge in [-0.05, 0) is 35.0 Å². The first-order valence-electron chi connectivity index (χ1n) is 4.10. The van der Waals surface area contributed by atoms with Crippen LogP contribution in [0.3, 0.4) is 0 Å². The number of halogens is 1. The topological polar surface area (TPSA) is 34.5 Å². The maximum atomic E-state index is 5.09. The van der Waals surface area contributed by atoms with Gasteiger partial charge in [-0.25, -0.2) is 0 Å². The van der Waals surface area contributed by atoms with Gasteiger partial charge in [0.1, 0.15) is 11.8 Å². The Morgan fingerprint density at radius 3 is 2.92 bits per heavy atom. The van der Waals surface area contributed by atoms with E-state index in [-0.39, 0.29) is 6.10 Å². The third kappa shape index (κ3) is 1.88. The van der Waals surface area contributed by atoms with E-state index in [4.69, 9.17) is 4.84 Å². The fraction of sp³-hybridized carbons (Fsp3) is 0.333. The first kappa shape index (κ1) is 8.69. The van der Waals surface area contributed by atoms with Crippen molar-refractivity contribution in [1.29, 1.82) is 0 Å². The van der Waals surface area contributed by atoms with Crippen molar-refractivity contribution in [2.75, 3.05) is 0 Å². The van der Waals surface area contributed by atoms with Crippen LogP contribution in [-0.4, -0.2) is 16.8 Å². The van der Waals surface area contributed by atoms with Crippen molar-refractivity contribution in [2.24, 2.45) is 5.16 Å². The van der Waals surface area contributed by atoms with Crippen LogP contribution in [0.4, 0.5) is 0 Å². The van der Waals surface area contributed by atoms with Gasteiger partial charge in [0.25, 0.3) is 0 Å². The molecule has 68 valence electrons. The van der Waals surface area contributed by atoms with Crippen molar-refractivity contribution in [3.63, 3.8) is 0 Å². The Bertz CT molecular complexity index is 334. The molecule has 1 aliphatic rings. The van der Waals surface area contributed by atoms with Crippen LogP contribution in [0, 0.1) is 0 Å². The Hall–Kier alpha value is -0.900. The highest BCUT2D eigenvalue weighted by molar-refractivity contribution is 9.10. The second kappa shape index (κ2) is 3.46. The number of nitrogens with zero attached hydrogens (tertiary/aromatic N) is 2. The molecule has 0 bridgehead atoms. The minimum absolute atomic E-state index is 0.181. The Morgan fingerprint density at radius 1 is 1.54 bits per heavy atom. The molecular weight excluding hydrogens is 232 g/mol. The van der Waals surface area contributed by atoms with Gasteiger partial charge in [-0.3, -0.25) is 4.98 Å². The van der Waals surface area contributed by atoms with E-state index >= 15 is 0 Å². The van der Waals surface area contributed by atoms with Crippen molar-refractivity contribution in [3.05, 3.63) is 28.5 Å². The van der Waals surface area contributed by atoms with Crippen molar-refractivity contribution in [2.45, 2.75) is 19.4 Å². The molecule has 0 aromatic carbocycles. The highest BCUT2D eigenvalue weighted by atomic mass is 79.9. The van der Waals surface area contributed by atoms with Gasteiger partial charge in [0, 0.05) is 17.1 Å². The zero-order chi connectivity index (χ0) is 9.26. The minimum Gasteiger partial charge on any atom is -0.392 e. The molecule has 2 rings (SSSR count). The van der Waals surface area contributed by atoms with Crippen LogP contribution in [0.5, 0.6) is 0 Å². The molecule has 2 heterocycles. The van der Waals surface area contributed by atoms with Gasteiger partial charge < -0.3 is 4.84 Å². The zero-order valence-corrected chi connectivity index (χ0v) is 8.78. The summed E-state index contributed by atoms with van der Waals surface area (Å²) < 4.78 is 0.976. The average molecular weight is 241 g/mol. The van der Waals surface area contributed by atoms with E-state index in [2.05, 4.69) is 26.1 Å². The maximum Gasteiger partial charge on any atom is 0.130 e. The lowest BCUT2D eigenvalue weighted by Gasteiger charge is -1.97. The third-order valence-electron chi connectivity index (χ3n) is 1.85. The SMILES string of the molecule is CC1CC(c2ccc(Br)cn2)=NO1. The highest BCUT2D eigenvalue weighted by Crippen LogP contribution is 2.15. The standard InChI is InChI=1S/C9H9BrN2O/c1-6-4-9(12-13-6)8-3-2-7(10)5-11-8/h2-3,5-6H,4H2,1H3. The second-order valence-corrected chi connectivity index (χ2v) is 3.94. The Labute approximate surface area is 84.9 Å². The van der Waals surface area contributed by atoms with Crippen LogP contribution >= 0.6 is 15.9 Å². The monoisotopic (exact) mass is 240 g/mol. The van der Waals surface area contributed by atoms with Gasteiger partial charge >= 0.3 is 0 Å². The highest BCUT2D eigenvalue weighted by Gasteiger charge is 2.18. The predicted molar refractivity (Wildman–Crippen MR) is 53.6 cm³/mol. The number of oxime groups is 1. The van der Waals surface area contributed by atoms with Gasteiger partial charge in [-0.15, -0.1) is 0 Å². The third-order valence-corrected chi connectivity index (χ3v) is 2.32. The van der Waals surface area contributed by atoms with Gasteiger partial charge in [0.2, 0.25) is 0 Å². The molecule has 1 aliphatic heterocycles. The van der Waals surface area contributed by atoms with Crippen LogP contribution < -0.4 is 0 Å². The van der Waals surface area contributed by atoms with Gasteiger partial charge in [-0.2, -0.15) is 0 Å². The van der Waals surface area contributed by atoms with Crippen molar-refractivity contribution in [1.82, 2.24) is 4.98 Å². The summed E-state index contributed by atoms with van der Waals surface area (Å²) in [5, 5.41) is 3.96. The molecule has 0 fully saturated rings. The molecule has 0 radical (unpaired) electrons. The molecule has 1 aromatic rings. The second-order valence-electron chi connectivity index (χ2n) is 3.02. The molecule has 3 nitrogen and oxygen atoms in total. The summed E-state index contributed by atoms with van der Waals surface area (Å²) >= 11 is 3.33. The van der Waals surface area contributed by atoms with E-state index in [0.717, 1.165) is 22.3 Å². The minimum atomic E-state index is 0.181. The fourth-order valence-electron chi connectivity index (χ4n) is 1.20. The Balaban J connectivity index is 2.22. The first-order chi connectivity index (χ1) is 6.25. The average Bonchev–Trinajstić information content (AvgIpc) is 2.53. The van der Waals surface area contributed by atoms with Crippen molar-refractivity contribution < 1.29 is 4.84 Å². The van der Waals surface area contributed by atoms with E-state index in [1.165, 1.54) is 0 Å². The van der Waals surface area contributed by atoms with Gasteiger partial charge in [0.15, 0.2) is 0 Å². The predicted octanol–water partition coefficient (Wildman–Crippen LogP) is 2.36. The molecule has 1 aromatic heterocycles. The van der Waals surface area contributed by atoms with Gasteiger partial charge in [-0.1, -0.05) is 5.16 Å². The smallest absolute Gasteiger partial charge is 0.130 e. The molecule has 4 heteroatoms. The molecule has 13 heavy (non-hydrogen) atoms.